The molecule has 0 heterocycles. The smallest absolute Gasteiger partial charge is 0.348 e. The summed E-state index contributed by atoms with van der Waals surface area (Å²) in [5.74, 6) is -1.09. The van der Waals surface area contributed by atoms with Gasteiger partial charge in [0, 0.05) is 11.2 Å². The fourth-order valence-electron chi connectivity index (χ4n) is 1.31. The van der Waals surface area contributed by atoms with E-state index >= 15 is 0 Å². The number of nitrogens with zero attached hydrogens (tertiary/aromatic N) is 2. The Bertz CT molecular complexity index is 470. The van der Waals surface area contributed by atoms with Gasteiger partial charge in [-0.1, -0.05) is 17.7 Å². The van der Waals surface area contributed by atoms with E-state index in [0.717, 1.165) is 17.5 Å². The van der Waals surface area contributed by atoms with Gasteiger partial charge >= 0.3 is 5.97 Å². The van der Waals surface area contributed by atoms with Crippen LogP contribution >= 0.6 is 11.6 Å². The molecule has 0 unspecified atom stereocenters. The molecule has 0 aliphatic carbocycles. The van der Waals surface area contributed by atoms with Crippen molar-refractivity contribution in [1.82, 2.24) is 0 Å². The van der Waals surface area contributed by atoms with Gasteiger partial charge in [-0.15, -0.1) is 0 Å². The number of carboxylic acids is 1. The lowest BCUT2D eigenvalue weighted by molar-refractivity contribution is -0.128. The van der Waals surface area contributed by atoms with Gasteiger partial charge in [-0.25, -0.2) is 9.80 Å². The van der Waals surface area contributed by atoms with Gasteiger partial charge in [0.1, 0.15) is 6.21 Å². The number of hydrazone groups is 1. The number of rotatable bonds is 4. The van der Waals surface area contributed by atoms with Gasteiger partial charge in [0.15, 0.2) is 0 Å². The van der Waals surface area contributed by atoms with Gasteiger partial charge in [-0.2, -0.15) is 5.10 Å². The lowest BCUT2D eigenvalue weighted by Crippen LogP contribution is -2.11. The summed E-state index contributed by atoms with van der Waals surface area (Å²) >= 11 is 5.86. The molecule has 0 aromatic heterocycles. The monoisotopic (exact) mass is 252 g/mol. The van der Waals surface area contributed by atoms with E-state index in [1.165, 1.54) is 5.01 Å². The minimum Gasteiger partial charge on any atom is -0.477 e. The molecule has 4 nitrogen and oxygen atoms in total. The molecule has 0 spiro atoms. The van der Waals surface area contributed by atoms with Crippen molar-refractivity contribution in [2.45, 2.75) is 13.8 Å². The molecule has 0 aliphatic heterocycles. The zero-order valence-electron chi connectivity index (χ0n) is 9.59. The van der Waals surface area contributed by atoms with Crippen molar-refractivity contribution in [3.63, 3.8) is 0 Å². The number of carbonyl (C=O) groups is 1. The van der Waals surface area contributed by atoms with Crippen LogP contribution in [0.2, 0.25) is 5.02 Å². The van der Waals surface area contributed by atoms with Crippen LogP contribution in [-0.2, 0) is 4.79 Å². The zero-order chi connectivity index (χ0) is 12.8. The number of halogens is 1. The van der Waals surface area contributed by atoms with Gasteiger partial charge < -0.3 is 5.11 Å². The van der Waals surface area contributed by atoms with E-state index in [9.17, 15) is 4.79 Å². The number of aryl methyl sites for hydroxylation is 1. The molecule has 0 amide bonds. The summed E-state index contributed by atoms with van der Waals surface area (Å²) in [5.41, 5.74) is 1.70. The lowest BCUT2D eigenvalue weighted by atomic mass is 10.2. The molecule has 17 heavy (non-hydrogen) atoms. The highest BCUT2D eigenvalue weighted by molar-refractivity contribution is 6.30. The summed E-state index contributed by atoms with van der Waals surface area (Å²) in [5, 5.41) is 14.5. The first kappa shape index (κ1) is 13.3. The Balaban J connectivity index is 3.09. The first-order valence-corrected chi connectivity index (χ1v) is 5.37. The molecule has 0 bridgehead atoms. The zero-order valence-corrected chi connectivity index (χ0v) is 10.3. The Morgan fingerprint density at radius 1 is 1.53 bits per heavy atom. The van der Waals surface area contributed by atoms with Crippen LogP contribution in [-0.4, -0.2) is 17.3 Å². The number of benzene rings is 1. The number of hydrogen-bond acceptors (Lipinski definition) is 3. The third kappa shape index (κ3) is 3.92. The highest BCUT2D eigenvalue weighted by Gasteiger charge is 2.05. The molecule has 1 aromatic carbocycles. The Kier molecular flexibility index (Phi) is 4.72. The molecule has 5 heteroatoms. The Morgan fingerprint density at radius 3 is 2.76 bits per heavy atom. The lowest BCUT2D eigenvalue weighted by Gasteiger charge is -2.16. The fourth-order valence-corrected chi connectivity index (χ4v) is 1.54. The molecule has 0 radical (unpaired) electrons. The van der Waals surface area contributed by atoms with E-state index in [4.69, 9.17) is 16.7 Å². The normalized spacial score (nSPS) is 11.2. The number of hydrogen-bond donors (Lipinski definition) is 1. The summed E-state index contributed by atoms with van der Waals surface area (Å²) in [7, 11) is 0. The summed E-state index contributed by atoms with van der Waals surface area (Å²) in [4.78, 5) is 10.5. The summed E-state index contributed by atoms with van der Waals surface area (Å²) < 4.78 is 0. The largest absolute Gasteiger partial charge is 0.477 e. The second-order valence-corrected chi connectivity index (χ2v) is 3.78. The van der Waals surface area contributed by atoms with Crippen molar-refractivity contribution in [1.29, 1.82) is 0 Å². The standard InChI is InChI=1S/C12H13ClN2O2/c1-3-6-15(14-8-12(16)17)11-5-4-10(13)7-9(11)2/h3-8H,1-2H3,(H,16,17)/b6-3+,14-8+. The van der Waals surface area contributed by atoms with Crippen molar-refractivity contribution >= 4 is 29.5 Å². The molecule has 0 saturated heterocycles. The van der Waals surface area contributed by atoms with Crippen molar-refractivity contribution < 1.29 is 9.90 Å². The van der Waals surface area contributed by atoms with Crippen LogP contribution in [0.5, 0.6) is 0 Å². The summed E-state index contributed by atoms with van der Waals surface area (Å²) in [6.07, 6.45) is 4.29. The van der Waals surface area contributed by atoms with Crippen LogP contribution in [0.15, 0.2) is 35.6 Å². The molecular formula is C12H13ClN2O2. The second-order valence-electron chi connectivity index (χ2n) is 3.34. The van der Waals surface area contributed by atoms with Crippen LogP contribution in [0.4, 0.5) is 5.69 Å². The molecular weight excluding hydrogens is 240 g/mol. The minimum absolute atomic E-state index is 0.633. The Labute approximate surface area is 105 Å². The van der Waals surface area contributed by atoms with Crippen molar-refractivity contribution in [3.05, 3.63) is 41.1 Å². The van der Waals surface area contributed by atoms with Crippen LogP contribution in [0.3, 0.4) is 0 Å². The molecule has 1 aromatic rings. The van der Waals surface area contributed by atoms with Crippen LogP contribution in [0.25, 0.3) is 0 Å². The molecule has 90 valence electrons. The molecule has 0 atom stereocenters. The molecule has 0 aliphatic rings. The molecule has 1 rings (SSSR count). The van der Waals surface area contributed by atoms with Crippen LogP contribution in [0.1, 0.15) is 12.5 Å². The van der Waals surface area contributed by atoms with Crippen LogP contribution in [0, 0.1) is 6.92 Å². The minimum atomic E-state index is -1.09. The van der Waals surface area contributed by atoms with Crippen molar-refractivity contribution in [2.75, 3.05) is 5.01 Å². The first-order chi connectivity index (χ1) is 8.04. The highest BCUT2D eigenvalue weighted by Crippen LogP contribution is 2.24. The van der Waals surface area contributed by atoms with E-state index in [0.29, 0.717) is 5.02 Å². The molecule has 0 saturated carbocycles. The number of carboxylic acid groups (broad SMARTS) is 1. The maximum absolute atomic E-state index is 10.5. The molecule has 1 N–H and O–H groups in total. The van der Waals surface area contributed by atoms with Gasteiger partial charge in [-0.05, 0) is 37.6 Å². The maximum atomic E-state index is 10.5. The summed E-state index contributed by atoms with van der Waals surface area (Å²) in [6, 6.07) is 5.32. The summed E-state index contributed by atoms with van der Waals surface area (Å²) in [6.45, 7) is 3.71. The highest BCUT2D eigenvalue weighted by atomic mass is 35.5. The SMILES string of the molecule is C/C=C/N(/N=C/C(=O)O)c1ccc(Cl)cc1C. The predicted octanol–water partition coefficient (Wildman–Crippen LogP) is 3.06. The topological polar surface area (TPSA) is 52.9 Å². The maximum Gasteiger partial charge on any atom is 0.348 e. The quantitative estimate of drug-likeness (QED) is 0.662. The number of anilines is 1. The third-order valence-corrected chi connectivity index (χ3v) is 2.22. The van der Waals surface area contributed by atoms with Gasteiger partial charge in [0.2, 0.25) is 0 Å². The van der Waals surface area contributed by atoms with Crippen LogP contribution < -0.4 is 5.01 Å². The average Bonchev–Trinajstić information content (AvgIpc) is 2.24. The Morgan fingerprint density at radius 2 is 2.24 bits per heavy atom. The van der Waals surface area contributed by atoms with Crippen molar-refractivity contribution in [2.24, 2.45) is 5.10 Å². The van der Waals surface area contributed by atoms with E-state index < -0.39 is 5.97 Å². The third-order valence-electron chi connectivity index (χ3n) is 1.99. The predicted molar refractivity (Wildman–Crippen MR) is 69.6 cm³/mol. The van der Waals surface area contributed by atoms with E-state index in [2.05, 4.69) is 5.10 Å². The number of allylic oxidation sites excluding steroid dienone is 1. The van der Waals surface area contributed by atoms with Gasteiger partial charge in [0.05, 0.1) is 5.69 Å². The van der Waals surface area contributed by atoms with E-state index in [1.807, 2.05) is 13.8 Å². The molecule has 0 fully saturated rings. The Hall–Kier alpha value is -1.81. The van der Waals surface area contributed by atoms with Gasteiger partial charge in [0.25, 0.3) is 0 Å². The average molecular weight is 253 g/mol. The van der Waals surface area contributed by atoms with E-state index in [-0.39, 0.29) is 0 Å². The number of aliphatic carboxylic acids is 1. The van der Waals surface area contributed by atoms with Gasteiger partial charge in [-0.3, -0.25) is 0 Å². The van der Waals surface area contributed by atoms with E-state index in [1.54, 1.807) is 30.5 Å². The second kappa shape index (κ2) is 6.06. The van der Waals surface area contributed by atoms with Crippen molar-refractivity contribution in [3.8, 4) is 0 Å². The first-order valence-electron chi connectivity index (χ1n) is 4.99. The fraction of sp³-hybridized carbons (Fsp3) is 0.167.